The molecular weight excluding hydrogens is 346 g/mol. The Bertz CT molecular complexity index is 524. The van der Waals surface area contributed by atoms with Gasteiger partial charge in [-0.1, -0.05) is 13.8 Å². The molecule has 4 N–H and O–H groups in total. The number of nitrogens with zero attached hydrogens (tertiary/aromatic N) is 4. The lowest BCUT2D eigenvalue weighted by Crippen LogP contribution is -2.23. The monoisotopic (exact) mass is 381 g/mol. The number of rotatable bonds is 14. The van der Waals surface area contributed by atoms with Crippen molar-refractivity contribution in [3.63, 3.8) is 0 Å². The van der Waals surface area contributed by atoms with Crippen LogP contribution in [0.4, 0.5) is 17.8 Å². The van der Waals surface area contributed by atoms with Gasteiger partial charge in [-0.25, -0.2) is 0 Å². The third kappa shape index (κ3) is 8.68. The Hall–Kier alpha value is -1.71. The molecule has 0 radical (unpaired) electrons. The summed E-state index contributed by atoms with van der Waals surface area (Å²) in [6.07, 6.45) is 3.45. The first-order chi connectivity index (χ1) is 13.2. The predicted molar refractivity (Wildman–Crippen MR) is 108 cm³/mol. The van der Waals surface area contributed by atoms with Crippen LogP contribution in [0.3, 0.4) is 0 Å². The van der Waals surface area contributed by atoms with E-state index in [-0.39, 0.29) is 0 Å². The van der Waals surface area contributed by atoms with Crippen LogP contribution in [0, 0.1) is 5.92 Å². The summed E-state index contributed by atoms with van der Waals surface area (Å²) in [7, 11) is 0. The SMILES string of the molecule is CC(C)CCNc1nc(NCCOCCOCCN)nc(N2CCCC2)n1. The summed E-state index contributed by atoms with van der Waals surface area (Å²) in [6.45, 7) is 10.7. The highest BCUT2D eigenvalue weighted by molar-refractivity contribution is 5.44. The van der Waals surface area contributed by atoms with Crippen molar-refractivity contribution in [3.05, 3.63) is 0 Å². The lowest BCUT2D eigenvalue weighted by molar-refractivity contribution is 0.0547. The highest BCUT2D eigenvalue weighted by atomic mass is 16.5. The number of nitrogens with two attached hydrogens (primary N) is 1. The molecular formula is C18H35N7O2. The van der Waals surface area contributed by atoms with Crippen molar-refractivity contribution in [2.75, 3.05) is 74.7 Å². The van der Waals surface area contributed by atoms with Gasteiger partial charge in [0, 0.05) is 32.7 Å². The zero-order valence-electron chi connectivity index (χ0n) is 16.7. The van der Waals surface area contributed by atoms with Crippen LogP contribution in [-0.2, 0) is 9.47 Å². The Labute approximate surface area is 162 Å². The number of aromatic nitrogens is 3. The van der Waals surface area contributed by atoms with Gasteiger partial charge in [0.15, 0.2) is 0 Å². The van der Waals surface area contributed by atoms with Crippen LogP contribution >= 0.6 is 0 Å². The Kier molecular flexibility index (Phi) is 10.1. The van der Waals surface area contributed by atoms with Gasteiger partial charge in [0.2, 0.25) is 17.8 Å². The van der Waals surface area contributed by atoms with Crippen molar-refractivity contribution >= 4 is 17.8 Å². The average molecular weight is 382 g/mol. The summed E-state index contributed by atoms with van der Waals surface area (Å²) in [5.74, 6) is 2.60. The summed E-state index contributed by atoms with van der Waals surface area (Å²) in [4.78, 5) is 15.9. The molecule has 1 fully saturated rings. The molecule has 2 rings (SSSR count). The molecule has 0 aliphatic carbocycles. The second kappa shape index (κ2) is 12.6. The molecule has 1 aliphatic rings. The molecule has 0 saturated carbocycles. The molecule has 0 amide bonds. The lowest BCUT2D eigenvalue weighted by Gasteiger charge is -2.17. The van der Waals surface area contributed by atoms with Crippen LogP contribution in [0.1, 0.15) is 33.1 Å². The molecule has 0 spiro atoms. The maximum Gasteiger partial charge on any atom is 0.231 e. The van der Waals surface area contributed by atoms with Gasteiger partial charge in [-0.05, 0) is 25.2 Å². The van der Waals surface area contributed by atoms with Crippen LogP contribution in [0.5, 0.6) is 0 Å². The number of anilines is 3. The van der Waals surface area contributed by atoms with E-state index in [9.17, 15) is 0 Å². The first kappa shape index (κ1) is 21.6. The van der Waals surface area contributed by atoms with E-state index < -0.39 is 0 Å². The molecule has 1 saturated heterocycles. The zero-order valence-corrected chi connectivity index (χ0v) is 16.7. The van der Waals surface area contributed by atoms with E-state index in [1.807, 2.05) is 0 Å². The van der Waals surface area contributed by atoms with E-state index >= 15 is 0 Å². The first-order valence-corrected chi connectivity index (χ1v) is 10.0. The van der Waals surface area contributed by atoms with Gasteiger partial charge in [0.05, 0.1) is 26.4 Å². The molecule has 0 bridgehead atoms. The van der Waals surface area contributed by atoms with Gasteiger partial charge in [-0.15, -0.1) is 0 Å². The van der Waals surface area contributed by atoms with E-state index in [2.05, 4.69) is 44.3 Å². The van der Waals surface area contributed by atoms with Crippen molar-refractivity contribution in [1.82, 2.24) is 15.0 Å². The Morgan fingerprint density at radius 3 is 2.19 bits per heavy atom. The fraction of sp³-hybridized carbons (Fsp3) is 0.833. The topological polar surface area (TPSA) is 110 Å². The Morgan fingerprint density at radius 1 is 0.926 bits per heavy atom. The molecule has 1 aromatic heterocycles. The minimum absolute atomic E-state index is 0.536. The van der Waals surface area contributed by atoms with Crippen LogP contribution in [-0.4, -0.2) is 74.1 Å². The van der Waals surface area contributed by atoms with Crippen molar-refractivity contribution in [2.45, 2.75) is 33.1 Å². The summed E-state index contributed by atoms with van der Waals surface area (Å²) >= 11 is 0. The molecule has 9 heteroatoms. The van der Waals surface area contributed by atoms with Gasteiger partial charge in [-0.3, -0.25) is 0 Å². The molecule has 154 valence electrons. The van der Waals surface area contributed by atoms with E-state index in [0.717, 1.165) is 32.0 Å². The third-order valence-corrected chi connectivity index (χ3v) is 4.18. The van der Waals surface area contributed by atoms with Crippen molar-refractivity contribution in [1.29, 1.82) is 0 Å². The fourth-order valence-corrected chi connectivity index (χ4v) is 2.69. The Balaban J connectivity index is 1.82. The van der Waals surface area contributed by atoms with Gasteiger partial charge in [0.1, 0.15) is 0 Å². The van der Waals surface area contributed by atoms with Gasteiger partial charge in [-0.2, -0.15) is 15.0 Å². The zero-order chi connectivity index (χ0) is 19.3. The third-order valence-electron chi connectivity index (χ3n) is 4.18. The molecule has 0 unspecified atom stereocenters. The van der Waals surface area contributed by atoms with E-state index in [1.165, 1.54) is 12.8 Å². The number of nitrogens with one attached hydrogen (secondary N) is 2. The fourth-order valence-electron chi connectivity index (χ4n) is 2.69. The molecule has 1 aliphatic heterocycles. The average Bonchev–Trinajstić information content (AvgIpc) is 3.18. The summed E-state index contributed by atoms with van der Waals surface area (Å²) in [5, 5.41) is 6.56. The normalized spacial score (nSPS) is 14.1. The van der Waals surface area contributed by atoms with Crippen LogP contribution in [0.15, 0.2) is 0 Å². The second-order valence-corrected chi connectivity index (χ2v) is 7.03. The summed E-state index contributed by atoms with van der Waals surface area (Å²) in [6, 6.07) is 0. The summed E-state index contributed by atoms with van der Waals surface area (Å²) < 4.78 is 10.8. The van der Waals surface area contributed by atoms with Crippen LogP contribution in [0.2, 0.25) is 0 Å². The highest BCUT2D eigenvalue weighted by Crippen LogP contribution is 2.18. The number of ether oxygens (including phenoxy) is 2. The smallest absolute Gasteiger partial charge is 0.231 e. The van der Waals surface area contributed by atoms with Crippen molar-refractivity contribution in [2.24, 2.45) is 11.7 Å². The van der Waals surface area contributed by atoms with E-state index in [4.69, 9.17) is 15.2 Å². The van der Waals surface area contributed by atoms with Crippen molar-refractivity contribution in [3.8, 4) is 0 Å². The summed E-state index contributed by atoms with van der Waals surface area (Å²) in [5.41, 5.74) is 5.37. The molecule has 27 heavy (non-hydrogen) atoms. The maximum absolute atomic E-state index is 5.53. The molecule has 0 atom stereocenters. The highest BCUT2D eigenvalue weighted by Gasteiger charge is 2.17. The van der Waals surface area contributed by atoms with E-state index in [1.54, 1.807) is 0 Å². The second-order valence-electron chi connectivity index (χ2n) is 7.03. The molecule has 2 heterocycles. The van der Waals surface area contributed by atoms with E-state index in [0.29, 0.717) is 57.3 Å². The van der Waals surface area contributed by atoms with Gasteiger partial charge in [0.25, 0.3) is 0 Å². The van der Waals surface area contributed by atoms with Crippen LogP contribution < -0.4 is 21.3 Å². The minimum Gasteiger partial charge on any atom is -0.378 e. The van der Waals surface area contributed by atoms with Crippen LogP contribution in [0.25, 0.3) is 0 Å². The quantitative estimate of drug-likeness (QED) is 0.411. The van der Waals surface area contributed by atoms with Crippen molar-refractivity contribution < 1.29 is 9.47 Å². The van der Waals surface area contributed by atoms with Gasteiger partial charge >= 0.3 is 0 Å². The number of hydrogen-bond donors (Lipinski definition) is 3. The minimum atomic E-state index is 0.536. The lowest BCUT2D eigenvalue weighted by atomic mass is 10.1. The Morgan fingerprint density at radius 2 is 1.56 bits per heavy atom. The largest absolute Gasteiger partial charge is 0.378 e. The standard InChI is InChI=1S/C18H35N7O2/c1-15(2)5-7-20-16-22-17(21-8-12-27-14-13-26-11-6-19)24-18(23-16)25-9-3-4-10-25/h15H,3-14,19H2,1-2H3,(H2,20,21,22,23,24). The number of hydrogen-bond acceptors (Lipinski definition) is 9. The maximum atomic E-state index is 5.53. The predicted octanol–water partition coefficient (Wildman–Crippen LogP) is 1.33. The first-order valence-electron chi connectivity index (χ1n) is 10.0. The van der Waals surface area contributed by atoms with Gasteiger partial charge < -0.3 is 30.7 Å². The molecule has 1 aromatic rings. The molecule has 9 nitrogen and oxygen atoms in total. The molecule has 0 aromatic carbocycles.